The second-order valence-corrected chi connectivity index (χ2v) is 5.78. The van der Waals surface area contributed by atoms with E-state index in [0.717, 1.165) is 24.0 Å². The van der Waals surface area contributed by atoms with Crippen molar-refractivity contribution in [3.63, 3.8) is 0 Å². The summed E-state index contributed by atoms with van der Waals surface area (Å²) < 4.78 is 5.30. The van der Waals surface area contributed by atoms with Crippen molar-refractivity contribution in [2.45, 2.75) is 32.6 Å². The number of hydrogen-bond donors (Lipinski definition) is 2. The Morgan fingerprint density at radius 3 is 2.44 bits per heavy atom. The lowest BCUT2D eigenvalue weighted by atomic mass is 9.98. The molecule has 2 N–H and O–H groups in total. The van der Waals surface area contributed by atoms with Gasteiger partial charge in [-0.25, -0.2) is 9.59 Å². The summed E-state index contributed by atoms with van der Waals surface area (Å²) >= 11 is 0. The molecular formula is C20H23NO4. The van der Waals surface area contributed by atoms with E-state index in [1.807, 2.05) is 44.2 Å². The van der Waals surface area contributed by atoms with Gasteiger partial charge in [-0.05, 0) is 36.1 Å². The highest BCUT2D eigenvalue weighted by Gasteiger charge is 2.16. The number of carbonyl (C=O) groups excluding carboxylic acids is 1. The lowest BCUT2D eigenvalue weighted by molar-refractivity contribution is 0.0698. The van der Waals surface area contributed by atoms with Crippen molar-refractivity contribution in [3.05, 3.63) is 65.2 Å². The molecule has 0 aliphatic heterocycles. The number of benzene rings is 2. The lowest BCUT2D eigenvalue weighted by Gasteiger charge is -2.16. The Hall–Kier alpha value is -2.82. The molecular weight excluding hydrogens is 318 g/mol. The molecule has 25 heavy (non-hydrogen) atoms. The van der Waals surface area contributed by atoms with E-state index in [1.54, 1.807) is 18.2 Å². The summed E-state index contributed by atoms with van der Waals surface area (Å²) in [5, 5.41) is 11.8. The largest absolute Gasteiger partial charge is 0.478 e. The molecule has 0 heterocycles. The van der Waals surface area contributed by atoms with Crippen LogP contribution in [-0.4, -0.2) is 23.8 Å². The normalized spacial score (nSPS) is 11.6. The van der Waals surface area contributed by atoms with Crippen LogP contribution in [-0.2, 0) is 11.2 Å². The number of hydrogen-bond acceptors (Lipinski definition) is 3. The summed E-state index contributed by atoms with van der Waals surface area (Å²) in [5.41, 5.74) is 2.30. The summed E-state index contributed by atoms with van der Waals surface area (Å²) in [7, 11) is 0. The minimum atomic E-state index is -1.08. The maximum absolute atomic E-state index is 12.1. The molecule has 0 bridgehead atoms. The van der Waals surface area contributed by atoms with Crippen LogP contribution in [0.1, 0.15) is 47.7 Å². The smallest absolute Gasteiger partial charge is 0.411 e. The van der Waals surface area contributed by atoms with Gasteiger partial charge in [-0.1, -0.05) is 50.2 Å². The molecule has 2 aromatic carbocycles. The summed E-state index contributed by atoms with van der Waals surface area (Å²) in [4.78, 5) is 23.4. The number of carboxylic acid groups (broad SMARTS) is 1. The molecule has 1 atom stereocenters. The predicted octanol–water partition coefficient (Wildman–Crippen LogP) is 4.69. The van der Waals surface area contributed by atoms with Crippen molar-refractivity contribution in [2.24, 2.45) is 0 Å². The van der Waals surface area contributed by atoms with Gasteiger partial charge in [-0.2, -0.15) is 0 Å². The van der Waals surface area contributed by atoms with Crippen LogP contribution in [0.5, 0.6) is 0 Å². The zero-order valence-electron chi connectivity index (χ0n) is 14.5. The van der Waals surface area contributed by atoms with Crippen molar-refractivity contribution in [2.75, 3.05) is 11.9 Å². The maximum atomic E-state index is 12.1. The Morgan fingerprint density at radius 1 is 1.12 bits per heavy atom. The number of amides is 1. The first-order chi connectivity index (χ1) is 12.0. The zero-order chi connectivity index (χ0) is 18.2. The molecule has 0 spiro atoms. The number of carbonyl (C=O) groups is 2. The van der Waals surface area contributed by atoms with E-state index in [2.05, 4.69) is 5.32 Å². The number of nitrogens with one attached hydrogen (secondary N) is 1. The monoisotopic (exact) mass is 341 g/mol. The molecule has 0 fully saturated rings. The molecule has 132 valence electrons. The lowest BCUT2D eigenvalue weighted by Crippen LogP contribution is -2.19. The van der Waals surface area contributed by atoms with Crippen molar-refractivity contribution in [1.82, 2.24) is 0 Å². The minimum absolute atomic E-state index is 0.0615. The number of anilines is 1. The molecule has 1 unspecified atom stereocenters. The summed E-state index contributed by atoms with van der Waals surface area (Å²) in [6.07, 6.45) is 0.907. The van der Waals surface area contributed by atoms with Gasteiger partial charge >= 0.3 is 12.1 Å². The van der Waals surface area contributed by atoms with E-state index in [9.17, 15) is 14.7 Å². The highest BCUT2D eigenvalue weighted by Crippen LogP contribution is 2.21. The Labute approximate surface area is 147 Å². The molecule has 2 aromatic rings. The topological polar surface area (TPSA) is 75.6 Å². The molecule has 5 nitrogen and oxygen atoms in total. The maximum Gasteiger partial charge on any atom is 0.411 e. The van der Waals surface area contributed by atoms with Gasteiger partial charge in [0.2, 0.25) is 0 Å². The van der Waals surface area contributed by atoms with E-state index in [4.69, 9.17) is 4.74 Å². The van der Waals surface area contributed by atoms with Gasteiger partial charge in [0.1, 0.15) is 6.61 Å². The number of aromatic carboxylic acids is 1. The van der Waals surface area contributed by atoms with Gasteiger partial charge in [0.15, 0.2) is 0 Å². The average Bonchev–Trinajstić information content (AvgIpc) is 2.63. The van der Waals surface area contributed by atoms with E-state index < -0.39 is 12.1 Å². The van der Waals surface area contributed by atoms with Gasteiger partial charge in [0.25, 0.3) is 0 Å². The highest BCUT2D eigenvalue weighted by molar-refractivity contribution is 5.98. The Balaban J connectivity index is 2.01. The molecule has 0 aliphatic rings. The third kappa shape index (κ3) is 5.08. The van der Waals surface area contributed by atoms with Gasteiger partial charge < -0.3 is 9.84 Å². The van der Waals surface area contributed by atoms with Gasteiger partial charge in [0, 0.05) is 5.92 Å². The van der Waals surface area contributed by atoms with E-state index in [1.165, 1.54) is 0 Å². The fourth-order valence-corrected chi connectivity index (χ4v) is 2.59. The fourth-order valence-electron chi connectivity index (χ4n) is 2.59. The first-order valence-corrected chi connectivity index (χ1v) is 8.40. The van der Waals surface area contributed by atoms with Crippen LogP contribution < -0.4 is 5.32 Å². The zero-order valence-corrected chi connectivity index (χ0v) is 14.5. The summed E-state index contributed by atoms with van der Waals surface area (Å²) in [5.74, 6) is -0.977. The van der Waals surface area contributed by atoms with E-state index in [0.29, 0.717) is 0 Å². The molecule has 5 heteroatoms. The molecule has 0 aromatic heterocycles. The molecule has 0 saturated heterocycles. The third-order valence-corrected chi connectivity index (χ3v) is 4.14. The van der Waals surface area contributed by atoms with Crippen molar-refractivity contribution < 1.29 is 19.4 Å². The van der Waals surface area contributed by atoms with Crippen molar-refractivity contribution >= 4 is 17.7 Å². The molecule has 0 aliphatic carbocycles. The standard InChI is InChI=1S/C20H23NO4/c1-3-14-10-11-18(17(12-14)19(22)23)21-20(24)25-13-15(4-2)16-8-6-5-7-9-16/h5-12,15H,3-4,13H2,1-2H3,(H,21,24)(H,22,23). The molecule has 2 rings (SSSR count). The third-order valence-electron chi connectivity index (χ3n) is 4.14. The Morgan fingerprint density at radius 2 is 1.84 bits per heavy atom. The molecule has 1 amide bonds. The van der Waals surface area contributed by atoms with Crippen LogP contribution in [0.2, 0.25) is 0 Å². The highest BCUT2D eigenvalue weighted by atomic mass is 16.5. The summed E-state index contributed by atoms with van der Waals surface area (Å²) in [6.45, 7) is 4.21. The minimum Gasteiger partial charge on any atom is -0.478 e. The first kappa shape index (κ1) is 18.5. The van der Waals surface area contributed by atoms with Crippen LogP contribution in [0.4, 0.5) is 10.5 Å². The van der Waals surface area contributed by atoms with Gasteiger partial charge in [0.05, 0.1) is 11.3 Å². The average molecular weight is 341 g/mol. The Kier molecular flexibility index (Phi) is 6.57. The summed E-state index contributed by atoms with van der Waals surface area (Å²) in [6, 6.07) is 14.8. The Bertz CT molecular complexity index is 728. The van der Waals surface area contributed by atoms with Gasteiger partial charge in [-0.3, -0.25) is 5.32 Å². The number of aryl methyl sites for hydroxylation is 1. The van der Waals surface area contributed by atoms with Crippen LogP contribution >= 0.6 is 0 Å². The van der Waals surface area contributed by atoms with Gasteiger partial charge in [-0.15, -0.1) is 0 Å². The fraction of sp³-hybridized carbons (Fsp3) is 0.300. The van der Waals surface area contributed by atoms with Crippen molar-refractivity contribution in [3.8, 4) is 0 Å². The van der Waals surface area contributed by atoms with E-state index >= 15 is 0 Å². The second kappa shape index (κ2) is 8.87. The van der Waals surface area contributed by atoms with Crippen molar-refractivity contribution in [1.29, 1.82) is 0 Å². The number of rotatable bonds is 7. The van der Waals surface area contributed by atoms with E-state index in [-0.39, 0.29) is 23.8 Å². The molecule has 0 radical (unpaired) electrons. The quantitative estimate of drug-likeness (QED) is 0.766. The van der Waals surface area contributed by atoms with Crippen LogP contribution in [0.3, 0.4) is 0 Å². The van der Waals surface area contributed by atoms with Crippen LogP contribution in [0.15, 0.2) is 48.5 Å². The predicted molar refractivity (Wildman–Crippen MR) is 97.2 cm³/mol. The SMILES string of the molecule is CCc1ccc(NC(=O)OCC(CC)c2ccccc2)c(C(=O)O)c1. The van der Waals surface area contributed by atoms with Crippen LogP contribution in [0.25, 0.3) is 0 Å². The second-order valence-electron chi connectivity index (χ2n) is 5.78. The number of carboxylic acids is 1. The molecule has 0 saturated carbocycles. The van der Waals surface area contributed by atoms with Crippen LogP contribution in [0, 0.1) is 0 Å². The number of ether oxygens (including phenoxy) is 1. The first-order valence-electron chi connectivity index (χ1n) is 8.40.